The van der Waals surface area contributed by atoms with E-state index >= 15 is 0 Å². The van der Waals surface area contributed by atoms with E-state index in [4.69, 9.17) is 5.73 Å². The maximum atomic E-state index is 11.6. The highest BCUT2D eigenvalue weighted by atomic mass is 32.2. The monoisotopic (exact) mass is 215 g/mol. The average Bonchev–Trinajstić information content (AvgIpc) is 2.15. The summed E-state index contributed by atoms with van der Waals surface area (Å²) in [5.74, 6) is 0. The van der Waals surface area contributed by atoms with Gasteiger partial charge in [0.15, 0.2) is 0 Å². The number of rotatable bonds is 4. The molecule has 14 heavy (non-hydrogen) atoms. The molecule has 5 nitrogen and oxygen atoms in total. The van der Waals surface area contributed by atoms with Crippen LogP contribution in [-0.2, 0) is 10.0 Å². The number of anilines is 1. The van der Waals surface area contributed by atoms with Crippen LogP contribution in [0.1, 0.15) is 13.3 Å². The Labute approximate surface area is 83.4 Å². The number of hydrogen-bond acceptors (Lipinski definition) is 4. The predicted octanol–water partition coefficient (Wildman–Crippen LogP) is 0.352. The van der Waals surface area contributed by atoms with Crippen LogP contribution in [0.15, 0.2) is 23.4 Å². The molecule has 0 saturated carbocycles. The summed E-state index contributed by atoms with van der Waals surface area (Å²) >= 11 is 0. The Morgan fingerprint density at radius 3 is 2.86 bits per heavy atom. The molecule has 1 rings (SSSR count). The lowest BCUT2D eigenvalue weighted by molar-refractivity contribution is 0.581. The smallest absolute Gasteiger partial charge is 0.244 e. The average molecular weight is 215 g/mol. The zero-order chi connectivity index (χ0) is 10.6. The molecule has 3 N–H and O–H groups in total. The van der Waals surface area contributed by atoms with Gasteiger partial charge in [0.2, 0.25) is 10.0 Å². The summed E-state index contributed by atoms with van der Waals surface area (Å²) in [7, 11) is -3.49. The van der Waals surface area contributed by atoms with Gasteiger partial charge in [0.25, 0.3) is 0 Å². The van der Waals surface area contributed by atoms with Gasteiger partial charge < -0.3 is 5.73 Å². The van der Waals surface area contributed by atoms with Crippen molar-refractivity contribution in [2.24, 2.45) is 0 Å². The highest BCUT2D eigenvalue weighted by molar-refractivity contribution is 7.89. The van der Waals surface area contributed by atoms with Crippen LogP contribution in [0.3, 0.4) is 0 Å². The Kier molecular flexibility index (Phi) is 3.43. The number of nitrogens with one attached hydrogen (secondary N) is 1. The van der Waals surface area contributed by atoms with Crippen LogP contribution < -0.4 is 10.5 Å². The van der Waals surface area contributed by atoms with Crippen molar-refractivity contribution in [2.45, 2.75) is 18.2 Å². The van der Waals surface area contributed by atoms with Gasteiger partial charge in [-0.3, -0.25) is 4.98 Å². The minimum absolute atomic E-state index is 0.0356. The van der Waals surface area contributed by atoms with Crippen LogP contribution in [0, 0.1) is 0 Å². The van der Waals surface area contributed by atoms with Crippen molar-refractivity contribution in [3.05, 3.63) is 18.5 Å². The van der Waals surface area contributed by atoms with E-state index in [1.54, 1.807) is 0 Å². The molecule has 0 aliphatic carbocycles. The number of pyridine rings is 1. The summed E-state index contributed by atoms with van der Waals surface area (Å²) < 4.78 is 25.6. The van der Waals surface area contributed by atoms with Gasteiger partial charge in [-0.05, 0) is 12.5 Å². The second kappa shape index (κ2) is 4.39. The molecule has 0 atom stereocenters. The minimum Gasteiger partial charge on any atom is -0.398 e. The summed E-state index contributed by atoms with van der Waals surface area (Å²) in [4.78, 5) is 3.76. The standard InChI is InChI=1S/C8H13N3O2S/c1-2-4-11-14(12,13)8-6-10-5-3-7(8)9/h3,5-6,11H,2,4H2,1H3,(H2,9,10). The van der Waals surface area contributed by atoms with Crippen LogP contribution in [0.25, 0.3) is 0 Å². The fraction of sp³-hybridized carbons (Fsp3) is 0.375. The first kappa shape index (κ1) is 10.9. The van der Waals surface area contributed by atoms with Crippen molar-refractivity contribution in [3.63, 3.8) is 0 Å². The molecule has 0 aliphatic heterocycles. The molecule has 0 fully saturated rings. The predicted molar refractivity (Wildman–Crippen MR) is 54.1 cm³/mol. The molecule has 0 amide bonds. The second-order valence-electron chi connectivity index (χ2n) is 2.81. The number of hydrogen-bond donors (Lipinski definition) is 2. The Morgan fingerprint density at radius 2 is 2.29 bits per heavy atom. The quantitative estimate of drug-likeness (QED) is 0.759. The van der Waals surface area contributed by atoms with Crippen molar-refractivity contribution in [2.75, 3.05) is 12.3 Å². The number of nitrogen functional groups attached to an aromatic ring is 1. The van der Waals surface area contributed by atoms with E-state index in [0.717, 1.165) is 6.42 Å². The number of nitrogens with zero attached hydrogens (tertiary/aromatic N) is 1. The van der Waals surface area contributed by atoms with E-state index in [0.29, 0.717) is 6.54 Å². The zero-order valence-corrected chi connectivity index (χ0v) is 8.71. The Balaban J connectivity index is 2.99. The number of sulfonamides is 1. The van der Waals surface area contributed by atoms with Gasteiger partial charge in [0.05, 0.1) is 5.69 Å². The SMILES string of the molecule is CCCNS(=O)(=O)c1cnccc1N. The summed E-state index contributed by atoms with van der Waals surface area (Å²) in [6.45, 7) is 2.28. The van der Waals surface area contributed by atoms with Crippen LogP contribution in [-0.4, -0.2) is 19.9 Å². The molecular weight excluding hydrogens is 202 g/mol. The van der Waals surface area contributed by atoms with Gasteiger partial charge in [0, 0.05) is 18.9 Å². The fourth-order valence-electron chi connectivity index (χ4n) is 0.929. The van der Waals surface area contributed by atoms with Gasteiger partial charge in [-0.25, -0.2) is 13.1 Å². The van der Waals surface area contributed by atoms with E-state index in [1.165, 1.54) is 18.5 Å². The van der Waals surface area contributed by atoms with Crippen molar-refractivity contribution in [1.82, 2.24) is 9.71 Å². The largest absolute Gasteiger partial charge is 0.398 e. The summed E-state index contributed by atoms with van der Waals surface area (Å²) in [5.41, 5.74) is 5.73. The molecule has 0 radical (unpaired) electrons. The van der Waals surface area contributed by atoms with Gasteiger partial charge in [-0.1, -0.05) is 6.92 Å². The van der Waals surface area contributed by atoms with Gasteiger partial charge in [-0.2, -0.15) is 0 Å². The molecule has 0 aromatic carbocycles. The van der Waals surface area contributed by atoms with Gasteiger partial charge >= 0.3 is 0 Å². The zero-order valence-electron chi connectivity index (χ0n) is 7.90. The van der Waals surface area contributed by atoms with Gasteiger partial charge in [-0.15, -0.1) is 0 Å². The first-order valence-corrected chi connectivity index (χ1v) is 5.75. The van der Waals surface area contributed by atoms with E-state index in [2.05, 4.69) is 9.71 Å². The minimum atomic E-state index is -3.49. The third-order valence-corrected chi connectivity index (χ3v) is 3.15. The van der Waals surface area contributed by atoms with Crippen molar-refractivity contribution in [1.29, 1.82) is 0 Å². The van der Waals surface area contributed by atoms with Crippen LogP contribution >= 0.6 is 0 Å². The second-order valence-corrected chi connectivity index (χ2v) is 4.55. The summed E-state index contributed by atoms with van der Waals surface area (Å²) in [6.07, 6.45) is 3.43. The van der Waals surface area contributed by atoms with Gasteiger partial charge in [0.1, 0.15) is 4.90 Å². The third kappa shape index (κ3) is 2.43. The Bertz CT molecular complexity index is 403. The van der Waals surface area contributed by atoms with Crippen LogP contribution in [0.2, 0.25) is 0 Å². The molecule has 0 bridgehead atoms. The topological polar surface area (TPSA) is 85.1 Å². The molecule has 1 aromatic rings. The molecule has 0 saturated heterocycles. The Morgan fingerprint density at radius 1 is 1.57 bits per heavy atom. The molecule has 0 unspecified atom stereocenters. The van der Waals surface area contributed by atoms with E-state index in [1.807, 2.05) is 6.92 Å². The molecular formula is C8H13N3O2S. The van der Waals surface area contributed by atoms with Crippen molar-refractivity contribution in [3.8, 4) is 0 Å². The molecule has 0 aliphatic rings. The number of nitrogens with two attached hydrogens (primary N) is 1. The lowest BCUT2D eigenvalue weighted by Gasteiger charge is -2.06. The highest BCUT2D eigenvalue weighted by Gasteiger charge is 2.15. The first-order chi connectivity index (χ1) is 6.58. The van der Waals surface area contributed by atoms with E-state index in [9.17, 15) is 8.42 Å². The number of aromatic nitrogens is 1. The van der Waals surface area contributed by atoms with Crippen molar-refractivity contribution < 1.29 is 8.42 Å². The molecule has 0 spiro atoms. The van der Waals surface area contributed by atoms with Crippen LogP contribution in [0.5, 0.6) is 0 Å². The first-order valence-electron chi connectivity index (χ1n) is 4.27. The van der Waals surface area contributed by atoms with Crippen molar-refractivity contribution >= 4 is 15.7 Å². The van der Waals surface area contributed by atoms with E-state index in [-0.39, 0.29) is 10.6 Å². The lowest BCUT2D eigenvalue weighted by Crippen LogP contribution is -2.25. The summed E-state index contributed by atoms with van der Waals surface area (Å²) in [5, 5.41) is 0. The van der Waals surface area contributed by atoms with E-state index < -0.39 is 10.0 Å². The normalized spacial score (nSPS) is 11.5. The van der Waals surface area contributed by atoms with Crippen LogP contribution in [0.4, 0.5) is 5.69 Å². The lowest BCUT2D eigenvalue weighted by atomic mass is 10.4. The Hall–Kier alpha value is -1.14. The molecule has 6 heteroatoms. The molecule has 1 aromatic heterocycles. The molecule has 1 heterocycles. The maximum Gasteiger partial charge on any atom is 0.244 e. The molecule has 78 valence electrons. The fourth-order valence-corrected chi connectivity index (χ4v) is 2.14. The highest BCUT2D eigenvalue weighted by Crippen LogP contribution is 2.14. The summed E-state index contributed by atoms with van der Waals surface area (Å²) in [6, 6.07) is 1.46. The maximum absolute atomic E-state index is 11.6. The third-order valence-electron chi connectivity index (χ3n) is 1.65.